The van der Waals surface area contributed by atoms with Gasteiger partial charge in [0.25, 0.3) is 5.91 Å². The molecule has 2 aromatic rings. The zero-order chi connectivity index (χ0) is 18.0. The Morgan fingerprint density at radius 2 is 1.96 bits per heavy atom. The second kappa shape index (κ2) is 8.18. The van der Waals surface area contributed by atoms with Crippen LogP contribution in [0.3, 0.4) is 0 Å². The van der Waals surface area contributed by atoms with E-state index in [1.807, 2.05) is 37.6 Å². The van der Waals surface area contributed by atoms with Crippen molar-refractivity contribution in [3.63, 3.8) is 0 Å². The molecule has 0 radical (unpaired) electrons. The average Bonchev–Trinajstić information content (AvgIpc) is 2.97. The number of rotatable bonds is 4. The number of carbonyl (C=O) groups is 1. The number of benzene rings is 1. The summed E-state index contributed by atoms with van der Waals surface area (Å²) < 4.78 is 1.91. The maximum Gasteiger partial charge on any atom is 0.274 e. The Balaban J connectivity index is 0.00000243. The fraction of sp³-hybridized carbons (Fsp3) is 0.526. The highest BCUT2D eigenvalue weighted by atomic mass is 35.5. The van der Waals surface area contributed by atoms with Crippen molar-refractivity contribution in [3.8, 4) is 0 Å². The fourth-order valence-electron chi connectivity index (χ4n) is 3.40. The third kappa shape index (κ3) is 4.24. The Kier molecular flexibility index (Phi) is 6.42. The molecule has 142 valence electrons. The summed E-state index contributed by atoms with van der Waals surface area (Å²) in [4.78, 5) is 12.8. The molecule has 1 aliphatic heterocycles. The lowest BCUT2D eigenvalue weighted by Crippen LogP contribution is -2.41. The Morgan fingerprint density at radius 1 is 1.27 bits per heavy atom. The second-order valence-corrected chi connectivity index (χ2v) is 7.40. The smallest absolute Gasteiger partial charge is 0.274 e. The molecular formula is C19H28ClN5O. The van der Waals surface area contributed by atoms with Crippen LogP contribution in [0.2, 0.25) is 0 Å². The maximum atomic E-state index is 12.8. The van der Waals surface area contributed by atoms with Crippen LogP contribution in [0.4, 0.5) is 0 Å². The van der Waals surface area contributed by atoms with Gasteiger partial charge in [0.05, 0.1) is 17.3 Å². The molecule has 0 aliphatic carbocycles. The molecule has 6 nitrogen and oxygen atoms in total. The van der Waals surface area contributed by atoms with E-state index in [1.165, 1.54) is 5.56 Å². The molecule has 3 rings (SSSR count). The van der Waals surface area contributed by atoms with Gasteiger partial charge in [-0.05, 0) is 59.2 Å². The summed E-state index contributed by atoms with van der Waals surface area (Å²) in [6, 6.07) is 8.51. The molecule has 1 aromatic heterocycles. The summed E-state index contributed by atoms with van der Waals surface area (Å²) in [6.07, 6.45) is 2.03. The number of piperidine rings is 1. The molecular weight excluding hydrogens is 350 g/mol. The van der Waals surface area contributed by atoms with E-state index in [0.717, 1.165) is 37.2 Å². The molecule has 2 N–H and O–H groups in total. The number of aryl methyl sites for hydroxylation is 1. The Bertz CT molecular complexity index is 765. The molecule has 1 amide bonds. The normalized spacial score (nSPS) is 15.4. The summed E-state index contributed by atoms with van der Waals surface area (Å²) >= 11 is 0. The first-order valence-corrected chi connectivity index (χ1v) is 8.90. The van der Waals surface area contributed by atoms with Gasteiger partial charge in [0.2, 0.25) is 0 Å². The van der Waals surface area contributed by atoms with E-state index in [2.05, 4.69) is 40.0 Å². The van der Waals surface area contributed by atoms with Crippen molar-refractivity contribution < 1.29 is 4.79 Å². The van der Waals surface area contributed by atoms with Gasteiger partial charge >= 0.3 is 0 Å². The predicted molar refractivity (Wildman–Crippen MR) is 105 cm³/mol. The van der Waals surface area contributed by atoms with Crippen molar-refractivity contribution in [2.24, 2.45) is 0 Å². The van der Waals surface area contributed by atoms with Gasteiger partial charge in [-0.3, -0.25) is 4.79 Å². The molecule has 1 saturated heterocycles. The monoisotopic (exact) mass is 377 g/mol. The number of amides is 1. The molecule has 7 heteroatoms. The molecule has 0 bridgehead atoms. The van der Waals surface area contributed by atoms with Crippen LogP contribution in [0, 0.1) is 13.8 Å². The van der Waals surface area contributed by atoms with Gasteiger partial charge in [-0.2, -0.15) is 0 Å². The lowest BCUT2D eigenvalue weighted by Gasteiger charge is -2.27. The number of halogens is 1. The van der Waals surface area contributed by atoms with E-state index in [0.29, 0.717) is 11.7 Å². The minimum atomic E-state index is -0.478. The van der Waals surface area contributed by atoms with Crippen LogP contribution in [-0.2, 0) is 5.54 Å². The van der Waals surface area contributed by atoms with Crippen LogP contribution in [-0.4, -0.2) is 34.0 Å². The van der Waals surface area contributed by atoms with Gasteiger partial charge in [0, 0.05) is 0 Å². The lowest BCUT2D eigenvalue weighted by atomic mass is 9.93. The number of hydrogen-bond acceptors (Lipinski definition) is 4. The van der Waals surface area contributed by atoms with Crippen LogP contribution in [0.15, 0.2) is 24.3 Å². The summed E-state index contributed by atoms with van der Waals surface area (Å²) in [5.41, 5.74) is 3.02. The lowest BCUT2D eigenvalue weighted by molar-refractivity contribution is 0.0906. The summed E-state index contributed by atoms with van der Waals surface area (Å²) in [6.45, 7) is 9.95. The van der Waals surface area contributed by atoms with Crippen molar-refractivity contribution in [2.45, 2.75) is 52.1 Å². The largest absolute Gasteiger partial charge is 0.342 e. The van der Waals surface area contributed by atoms with Gasteiger partial charge in [-0.25, -0.2) is 4.68 Å². The molecule has 0 saturated carbocycles. The molecule has 0 spiro atoms. The molecule has 26 heavy (non-hydrogen) atoms. The topological polar surface area (TPSA) is 71.8 Å². The highest BCUT2D eigenvalue weighted by Gasteiger charge is 2.28. The Labute approximate surface area is 161 Å². The van der Waals surface area contributed by atoms with Gasteiger partial charge in [-0.1, -0.05) is 35.0 Å². The van der Waals surface area contributed by atoms with Crippen molar-refractivity contribution >= 4 is 18.3 Å². The maximum absolute atomic E-state index is 12.8. The van der Waals surface area contributed by atoms with Crippen molar-refractivity contribution in [1.29, 1.82) is 0 Å². The van der Waals surface area contributed by atoms with Crippen LogP contribution in [0.1, 0.15) is 60.0 Å². The second-order valence-electron chi connectivity index (χ2n) is 7.40. The van der Waals surface area contributed by atoms with E-state index in [4.69, 9.17) is 0 Å². The molecule has 0 unspecified atom stereocenters. The molecule has 1 aromatic carbocycles. The summed E-state index contributed by atoms with van der Waals surface area (Å²) in [5, 5.41) is 14.9. The van der Waals surface area contributed by atoms with Crippen molar-refractivity contribution in [3.05, 3.63) is 46.8 Å². The molecule has 2 heterocycles. The highest BCUT2D eigenvalue weighted by molar-refractivity contribution is 5.93. The van der Waals surface area contributed by atoms with E-state index in [9.17, 15) is 4.79 Å². The predicted octanol–water partition coefficient (Wildman–Crippen LogP) is 2.91. The molecule has 0 atom stereocenters. The average molecular weight is 378 g/mol. The van der Waals surface area contributed by atoms with E-state index < -0.39 is 5.54 Å². The summed E-state index contributed by atoms with van der Waals surface area (Å²) in [5.74, 6) is -0.177. The summed E-state index contributed by atoms with van der Waals surface area (Å²) in [7, 11) is 0. The zero-order valence-electron chi connectivity index (χ0n) is 15.9. The van der Waals surface area contributed by atoms with Crippen molar-refractivity contribution in [1.82, 2.24) is 25.6 Å². The number of nitrogens with one attached hydrogen (secondary N) is 2. The van der Waals surface area contributed by atoms with Gasteiger partial charge in [0.15, 0.2) is 5.69 Å². The molecule has 1 fully saturated rings. The van der Waals surface area contributed by atoms with Crippen LogP contribution >= 0.6 is 12.4 Å². The first-order valence-electron chi connectivity index (χ1n) is 8.90. The Hall–Kier alpha value is -1.92. The minimum Gasteiger partial charge on any atom is -0.342 e. The number of hydrogen-bond donors (Lipinski definition) is 2. The van der Waals surface area contributed by atoms with E-state index in [1.54, 1.807) is 0 Å². The first kappa shape index (κ1) is 20.4. The van der Waals surface area contributed by atoms with Gasteiger partial charge < -0.3 is 10.6 Å². The fourth-order valence-corrected chi connectivity index (χ4v) is 3.40. The van der Waals surface area contributed by atoms with E-state index >= 15 is 0 Å². The first-order chi connectivity index (χ1) is 11.9. The quantitative estimate of drug-likeness (QED) is 0.859. The van der Waals surface area contributed by atoms with Crippen molar-refractivity contribution in [2.75, 3.05) is 13.1 Å². The standard InChI is InChI=1S/C19H27N5O.ClH/c1-13-6-5-7-15(12-13)19(3,4)21-18(25)17-14(2)24(23-22-17)16-8-10-20-11-9-16;/h5-7,12,16,20H,8-11H2,1-4H3,(H,21,25);1H. The number of aromatic nitrogens is 3. The van der Waals surface area contributed by atoms with Crippen LogP contribution in [0.25, 0.3) is 0 Å². The van der Waals surface area contributed by atoms with E-state index in [-0.39, 0.29) is 18.3 Å². The van der Waals surface area contributed by atoms with Gasteiger partial charge in [-0.15, -0.1) is 17.5 Å². The number of carbonyl (C=O) groups excluding carboxylic acids is 1. The zero-order valence-corrected chi connectivity index (χ0v) is 16.7. The third-order valence-electron chi connectivity index (χ3n) is 4.96. The SMILES string of the molecule is Cc1cccc(C(C)(C)NC(=O)c2nnn(C3CCNCC3)c2C)c1.Cl. The molecule has 1 aliphatic rings. The minimum absolute atomic E-state index is 0. The highest BCUT2D eigenvalue weighted by Crippen LogP contribution is 2.23. The van der Waals surface area contributed by atoms with Crippen LogP contribution < -0.4 is 10.6 Å². The number of nitrogens with zero attached hydrogens (tertiary/aromatic N) is 3. The van der Waals surface area contributed by atoms with Crippen LogP contribution in [0.5, 0.6) is 0 Å². The van der Waals surface area contributed by atoms with Gasteiger partial charge in [0.1, 0.15) is 0 Å². The Morgan fingerprint density at radius 3 is 2.62 bits per heavy atom. The third-order valence-corrected chi connectivity index (χ3v) is 4.96.